The predicted molar refractivity (Wildman–Crippen MR) is 146 cm³/mol. The Bertz CT molecular complexity index is 1420. The molecule has 0 radical (unpaired) electrons. The molecule has 0 saturated heterocycles. The summed E-state index contributed by atoms with van der Waals surface area (Å²) in [6, 6.07) is 5.45. The standard InChI is InChI=1S/C26H27F3N6O3S2/c1-4-17-11-30-23(31-12-17)34(10-9-19-16-39-24(33-19)40-25(2,3)22(36)37)14-18-13-32-35(15-18)20-5-7-21(8-6-20)38-26(27,28)29/h5-8,11-13,15-16H,4,9-10,14H2,1-3H3,(H,36,37). The molecule has 3 heterocycles. The van der Waals surface area contributed by atoms with Gasteiger partial charge in [-0.05, 0) is 50.1 Å². The van der Waals surface area contributed by atoms with E-state index < -0.39 is 17.1 Å². The predicted octanol–water partition coefficient (Wildman–Crippen LogP) is 5.78. The van der Waals surface area contributed by atoms with E-state index in [0.29, 0.717) is 35.5 Å². The van der Waals surface area contributed by atoms with Crippen molar-refractivity contribution >= 4 is 35.0 Å². The Kier molecular flexibility index (Phi) is 8.98. The molecule has 212 valence electrons. The summed E-state index contributed by atoms with van der Waals surface area (Å²) in [5.41, 5.74) is 3.27. The van der Waals surface area contributed by atoms with Gasteiger partial charge in [0.05, 0.1) is 17.6 Å². The molecule has 0 bridgehead atoms. The smallest absolute Gasteiger partial charge is 0.480 e. The van der Waals surface area contributed by atoms with Crippen LogP contribution in [-0.4, -0.2) is 53.5 Å². The van der Waals surface area contributed by atoms with Crippen molar-refractivity contribution < 1.29 is 27.8 Å². The first-order valence-electron chi connectivity index (χ1n) is 12.2. The number of rotatable bonds is 12. The van der Waals surface area contributed by atoms with Gasteiger partial charge in [0.15, 0.2) is 4.34 Å². The fraction of sp³-hybridized carbons (Fsp3) is 0.346. The van der Waals surface area contributed by atoms with Gasteiger partial charge in [0.2, 0.25) is 5.95 Å². The fourth-order valence-electron chi connectivity index (χ4n) is 3.51. The molecule has 40 heavy (non-hydrogen) atoms. The Balaban J connectivity index is 1.47. The lowest BCUT2D eigenvalue weighted by atomic mass is 10.2. The zero-order chi connectivity index (χ0) is 28.9. The van der Waals surface area contributed by atoms with E-state index >= 15 is 0 Å². The Labute approximate surface area is 237 Å². The van der Waals surface area contributed by atoms with E-state index in [4.69, 9.17) is 0 Å². The van der Waals surface area contributed by atoms with Gasteiger partial charge in [0.1, 0.15) is 10.5 Å². The van der Waals surface area contributed by atoms with Crippen molar-refractivity contribution in [3.63, 3.8) is 0 Å². The number of thioether (sulfide) groups is 1. The number of carbonyl (C=O) groups is 1. The number of aryl methyl sites for hydroxylation is 1. The molecule has 3 aromatic heterocycles. The van der Waals surface area contributed by atoms with Crippen LogP contribution >= 0.6 is 23.1 Å². The summed E-state index contributed by atoms with van der Waals surface area (Å²) >= 11 is 2.62. The molecule has 0 amide bonds. The molecule has 14 heteroatoms. The maximum atomic E-state index is 12.5. The molecule has 0 unspecified atom stereocenters. The number of aliphatic carboxylic acids is 1. The van der Waals surface area contributed by atoms with Gasteiger partial charge < -0.3 is 14.7 Å². The first kappa shape index (κ1) is 29.3. The topological polar surface area (TPSA) is 106 Å². The number of alkyl halides is 3. The lowest BCUT2D eigenvalue weighted by Gasteiger charge is -2.21. The molecule has 0 aliphatic heterocycles. The number of halogens is 3. The van der Waals surface area contributed by atoms with Crippen LogP contribution in [-0.2, 0) is 24.2 Å². The second-order valence-electron chi connectivity index (χ2n) is 9.27. The third kappa shape index (κ3) is 7.94. The van der Waals surface area contributed by atoms with Gasteiger partial charge in [-0.25, -0.2) is 19.6 Å². The number of ether oxygens (including phenoxy) is 1. The quantitative estimate of drug-likeness (QED) is 0.205. The first-order valence-corrected chi connectivity index (χ1v) is 13.9. The van der Waals surface area contributed by atoms with Gasteiger partial charge in [0, 0.05) is 49.0 Å². The normalized spacial score (nSPS) is 11.9. The molecule has 0 aliphatic rings. The molecule has 0 atom stereocenters. The highest BCUT2D eigenvalue weighted by Gasteiger charge is 2.31. The minimum absolute atomic E-state index is 0.308. The van der Waals surface area contributed by atoms with Crippen LogP contribution in [0.5, 0.6) is 5.75 Å². The minimum Gasteiger partial charge on any atom is -0.480 e. The van der Waals surface area contributed by atoms with E-state index in [1.54, 1.807) is 43.3 Å². The van der Waals surface area contributed by atoms with Crippen molar-refractivity contribution in [1.29, 1.82) is 0 Å². The number of aromatic nitrogens is 5. The molecule has 0 aliphatic carbocycles. The average Bonchev–Trinajstić information content (AvgIpc) is 3.55. The number of thiazole rings is 1. The fourth-order valence-corrected chi connectivity index (χ4v) is 5.73. The third-order valence-electron chi connectivity index (χ3n) is 5.75. The van der Waals surface area contributed by atoms with Crippen molar-refractivity contribution in [3.05, 3.63) is 71.3 Å². The van der Waals surface area contributed by atoms with Crippen LogP contribution in [0.25, 0.3) is 5.69 Å². The molecule has 0 spiro atoms. The Morgan fingerprint density at radius 3 is 2.45 bits per heavy atom. The number of nitrogens with zero attached hydrogens (tertiary/aromatic N) is 6. The van der Waals surface area contributed by atoms with Gasteiger partial charge in [-0.1, -0.05) is 18.7 Å². The van der Waals surface area contributed by atoms with Gasteiger partial charge in [-0.3, -0.25) is 4.79 Å². The van der Waals surface area contributed by atoms with Crippen LogP contribution in [0.3, 0.4) is 0 Å². The van der Waals surface area contributed by atoms with Crippen LogP contribution in [0, 0.1) is 0 Å². The van der Waals surface area contributed by atoms with Crippen molar-refractivity contribution in [2.75, 3.05) is 11.4 Å². The van der Waals surface area contributed by atoms with E-state index in [1.807, 2.05) is 17.2 Å². The highest BCUT2D eigenvalue weighted by Crippen LogP contribution is 2.34. The molecular formula is C26H27F3N6O3S2. The lowest BCUT2D eigenvalue weighted by molar-refractivity contribution is -0.274. The van der Waals surface area contributed by atoms with Crippen molar-refractivity contribution in [2.24, 2.45) is 0 Å². The molecular weight excluding hydrogens is 565 g/mol. The van der Waals surface area contributed by atoms with E-state index in [0.717, 1.165) is 23.2 Å². The van der Waals surface area contributed by atoms with Crippen LogP contribution in [0.2, 0.25) is 0 Å². The Morgan fingerprint density at radius 2 is 1.82 bits per heavy atom. The largest absolute Gasteiger partial charge is 0.573 e. The Morgan fingerprint density at radius 1 is 1.12 bits per heavy atom. The van der Waals surface area contributed by atoms with Crippen LogP contribution in [0.4, 0.5) is 19.1 Å². The molecule has 9 nitrogen and oxygen atoms in total. The summed E-state index contributed by atoms with van der Waals surface area (Å²) < 4.78 is 42.6. The number of carboxylic acids is 1. The summed E-state index contributed by atoms with van der Waals surface area (Å²) in [5, 5.41) is 15.7. The molecule has 1 aromatic carbocycles. The van der Waals surface area contributed by atoms with E-state index in [1.165, 1.54) is 47.4 Å². The molecule has 0 saturated carbocycles. The summed E-state index contributed by atoms with van der Waals surface area (Å²) in [4.78, 5) is 27.1. The number of benzene rings is 1. The molecule has 4 rings (SSSR count). The monoisotopic (exact) mass is 592 g/mol. The zero-order valence-electron chi connectivity index (χ0n) is 21.9. The SMILES string of the molecule is CCc1cnc(N(CCc2csc(SC(C)(C)C(=O)O)n2)Cc2cnn(-c3ccc(OC(F)(F)F)cc3)c2)nc1. The van der Waals surface area contributed by atoms with E-state index in [9.17, 15) is 23.1 Å². The van der Waals surface area contributed by atoms with Gasteiger partial charge in [-0.2, -0.15) is 5.10 Å². The maximum Gasteiger partial charge on any atom is 0.573 e. The second-order valence-corrected chi connectivity index (χ2v) is 12.0. The van der Waals surface area contributed by atoms with Gasteiger partial charge >= 0.3 is 12.3 Å². The van der Waals surface area contributed by atoms with Crippen molar-refractivity contribution in [2.45, 2.75) is 55.6 Å². The van der Waals surface area contributed by atoms with Gasteiger partial charge in [-0.15, -0.1) is 24.5 Å². The van der Waals surface area contributed by atoms with Crippen LogP contribution < -0.4 is 9.64 Å². The molecule has 0 fully saturated rings. The van der Waals surface area contributed by atoms with Crippen molar-refractivity contribution in [3.8, 4) is 11.4 Å². The number of carboxylic acid groups (broad SMARTS) is 1. The molecule has 4 aromatic rings. The van der Waals surface area contributed by atoms with Crippen LogP contribution in [0.15, 0.2) is 58.8 Å². The maximum absolute atomic E-state index is 12.5. The zero-order valence-corrected chi connectivity index (χ0v) is 23.6. The Hall–Kier alpha value is -3.65. The summed E-state index contributed by atoms with van der Waals surface area (Å²) in [6.07, 6.45) is 3.68. The number of hydrogen-bond acceptors (Lipinski definition) is 9. The summed E-state index contributed by atoms with van der Waals surface area (Å²) in [5.74, 6) is -0.674. The van der Waals surface area contributed by atoms with E-state index in [-0.39, 0.29) is 5.75 Å². The van der Waals surface area contributed by atoms with Gasteiger partial charge in [0.25, 0.3) is 0 Å². The highest BCUT2D eigenvalue weighted by atomic mass is 32.2. The third-order valence-corrected chi connectivity index (χ3v) is 7.93. The number of anilines is 1. The minimum atomic E-state index is -4.75. The molecule has 1 N–H and O–H groups in total. The summed E-state index contributed by atoms with van der Waals surface area (Å²) in [7, 11) is 0. The highest BCUT2D eigenvalue weighted by molar-refractivity contribution is 8.03. The lowest BCUT2D eigenvalue weighted by Crippen LogP contribution is -2.27. The second kappa shape index (κ2) is 12.3. The van der Waals surface area contributed by atoms with Crippen molar-refractivity contribution in [1.82, 2.24) is 24.7 Å². The summed E-state index contributed by atoms with van der Waals surface area (Å²) in [6.45, 7) is 6.28. The average molecular weight is 593 g/mol. The van der Waals surface area contributed by atoms with E-state index in [2.05, 4.69) is 24.8 Å². The van der Waals surface area contributed by atoms with Crippen LogP contribution in [0.1, 0.15) is 37.6 Å². The number of hydrogen-bond donors (Lipinski definition) is 1. The first-order chi connectivity index (χ1) is 18.9.